The molecule has 1 saturated heterocycles. The Bertz CT molecular complexity index is 1170. The van der Waals surface area contributed by atoms with E-state index in [1.807, 2.05) is 56.3 Å². The first-order valence-electron chi connectivity index (χ1n) is 10.3. The summed E-state index contributed by atoms with van der Waals surface area (Å²) >= 11 is 0. The van der Waals surface area contributed by atoms with Crippen LogP contribution < -0.4 is 0 Å². The number of carbonyl (C=O) groups excluding carboxylic acids is 2. The van der Waals surface area contributed by atoms with Gasteiger partial charge < -0.3 is 14.9 Å². The third kappa shape index (κ3) is 3.80. The van der Waals surface area contributed by atoms with Crippen LogP contribution in [0.3, 0.4) is 0 Å². The van der Waals surface area contributed by atoms with Crippen molar-refractivity contribution < 1.29 is 14.7 Å². The number of carbonyl (C=O) groups is 2. The number of likely N-dealkylation sites (N-methyl/N-ethyl adjacent to an activating group) is 1. The second-order valence-corrected chi connectivity index (χ2v) is 7.97. The largest absolute Gasteiger partial charge is 0.507 e. The summed E-state index contributed by atoms with van der Waals surface area (Å²) in [6.45, 7) is 2.75. The van der Waals surface area contributed by atoms with Gasteiger partial charge in [0, 0.05) is 25.5 Å². The zero-order valence-electron chi connectivity index (χ0n) is 18.3. The molecule has 1 amide bonds. The molecule has 1 atom stereocenters. The van der Waals surface area contributed by atoms with Crippen molar-refractivity contribution >= 4 is 17.4 Å². The van der Waals surface area contributed by atoms with Crippen molar-refractivity contribution in [3.63, 3.8) is 0 Å². The number of aliphatic hydroxyl groups excluding tert-OH is 1. The maximum absolute atomic E-state index is 13.1. The van der Waals surface area contributed by atoms with Gasteiger partial charge in [-0.15, -0.1) is 0 Å². The number of hydrogen-bond acceptors (Lipinski definition) is 6. The first-order chi connectivity index (χ1) is 15.4. The number of ketones is 1. The highest BCUT2D eigenvalue weighted by Crippen LogP contribution is 2.39. The Morgan fingerprint density at radius 3 is 2.44 bits per heavy atom. The molecule has 0 unspecified atom stereocenters. The molecule has 1 aromatic carbocycles. The van der Waals surface area contributed by atoms with Crippen LogP contribution in [-0.2, 0) is 9.59 Å². The number of aromatic nitrogens is 3. The van der Waals surface area contributed by atoms with Crippen LogP contribution in [0, 0.1) is 6.92 Å². The van der Waals surface area contributed by atoms with E-state index in [0.29, 0.717) is 29.9 Å². The van der Waals surface area contributed by atoms with E-state index < -0.39 is 17.7 Å². The summed E-state index contributed by atoms with van der Waals surface area (Å²) in [4.78, 5) is 33.5. The molecule has 164 valence electrons. The van der Waals surface area contributed by atoms with Crippen molar-refractivity contribution in [2.75, 3.05) is 27.2 Å². The van der Waals surface area contributed by atoms with Crippen molar-refractivity contribution in [2.24, 2.45) is 0 Å². The molecule has 8 heteroatoms. The highest BCUT2D eigenvalue weighted by atomic mass is 16.3. The molecule has 1 aliphatic heterocycles. The number of amides is 1. The molecule has 1 N–H and O–H groups in total. The fourth-order valence-electron chi connectivity index (χ4n) is 3.93. The molecule has 3 heterocycles. The van der Waals surface area contributed by atoms with Crippen molar-refractivity contribution in [3.05, 3.63) is 83.4 Å². The van der Waals surface area contributed by atoms with Crippen LogP contribution in [0.2, 0.25) is 0 Å². The molecule has 0 radical (unpaired) electrons. The summed E-state index contributed by atoms with van der Waals surface area (Å²) in [6, 6.07) is 12.3. The van der Waals surface area contributed by atoms with Gasteiger partial charge in [0.1, 0.15) is 5.76 Å². The van der Waals surface area contributed by atoms with E-state index in [1.54, 1.807) is 29.2 Å². The number of hydrogen-bond donors (Lipinski definition) is 1. The third-order valence-electron chi connectivity index (χ3n) is 5.62. The Morgan fingerprint density at radius 2 is 1.78 bits per heavy atom. The quantitative estimate of drug-likeness (QED) is 0.366. The van der Waals surface area contributed by atoms with E-state index in [0.717, 1.165) is 5.69 Å². The van der Waals surface area contributed by atoms with E-state index in [1.165, 1.54) is 11.1 Å². The molecule has 8 nitrogen and oxygen atoms in total. The number of nitrogens with zero attached hydrogens (tertiary/aromatic N) is 5. The lowest BCUT2D eigenvalue weighted by atomic mass is 9.96. The number of likely N-dealkylation sites (tertiary alicyclic amines) is 1. The van der Waals surface area contributed by atoms with E-state index in [9.17, 15) is 14.7 Å². The lowest BCUT2D eigenvalue weighted by molar-refractivity contribution is -0.140. The van der Waals surface area contributed by atoms with Crippen LogP contribution in [0.25, 0.3) is 11.4 Å². The van der Waals surface area contributed by atoms with Gasteiger partial charge in [-0.05, 0) is 50.8 Å². The normalized spacial score (nSPS) is 18.0. The van der Waals surface area contributed by atoms with Gasteiger partial charge >= 0.3 is 0 Å². The van der Waals surface area contributed by atoms with Crippen LogP contribution in [0.5, 0.6) is 0 Å². The van der Waals surface area contributed by atoms with Gasteiger partial charge in [-0.2, -0.15) is 5.10 Å². The second-order valence-electron chi connectivity index (χ2n) is 7.97. The summed E-state index contributed by atoms with van der Waals surface area (Å²) in [5, 5.41) is 15.7. The molecular formula is C24H25N5O3. The zero-order valence-corrected chi connectivity index (χ0v) is 18.3. The Morgan fingerprint density at radius 1 is 1.09 bits per heavy atom. The van der Waals surface area contributed by atoms with Gasteiger partial charge in [0.25, 0.3) is 11.7 Å². The third-order valence-corrected chi connectivity index (χ3v) is 5.62. The van der Waals surface area contributed by atoms with E-state index >= 15 is 0 Å². The lowest BCUT2D eigenvalue weighted by Crippen LogP contribution is -2.35. The monoisotopic (exact) mass is 431 g/mol. The topological polar surface area (TPSA) is 91.6 Å². The number of para-hydroxylation sites is 1. The van der Waals surface area contributed by atoms with Crippen molar-refractivity contribution in [3.8, 4) is 5.69 Å². The standard InChI is InChI=1S/C24H25N5O3/c1-16-19(15-26-29(16)18-7-5-4-6-8-18)22(30)20-21(17-9-11-25-12-10-17)28(14-13-27(2)3)24(32)23(20)31/h4-12,15,21,30H,13-14H2,1-3H3/b22-20+/t21-/m0/s1. The van der Waals surface area contributed by atoms with Gasteiger partial charge in [-0.1, -0.05) is 18.2 Å². The van der Waals surface area contributed by atoms with Crippen LogP contribution in [0.15, 0.2) is 66.6 Å². The predicted molar refractivity (Wildman–Crippen MR) is 120 cm³/mol. The maximum atomic E-state index is 13.1. The molecular weight excluding hydrogens is 406 g/mol. The van der Waals surface area contributed by atoms with E-state index in [-0.39, 0.29) is 11.3 Å². The summed E-state index contributed by atoms with van der Waals surface area (Å²) < 4.78 is 1.69. The summed E-state index contributed by atoms with van der Waals surface area (Å²) in [6.07, 6.45) is 4.74. The maximum Gasteiger partial charge on any atom is 0.295 e. The molecule has 0 aliphatic carbocycles. The Kier molecular flexibility index (Phi) is 5.87. The zero-order chi connectivity index (χ0) is 22.8. The first kappa shape index (κ1) is 21.5. The number of benzene rings is 1. The second kappa shape index (κ2) is 8.76. The lowest BCUT2D eigenvalue weighted by Gasteiger charge is -2.26. The molecule has 0 bridgehead atoms. The van der Waals surface area contributed by atoms with Crippen LogP contribution in [-0.4, -0.2) is 68.5 Å². The van der Waals surface area contributed by atoms with Gasteiger partial charge in [-0.25, -0.2) is 4.68 Å². The smallest absolute Gasteiger partial charge is 0.295 e. The van der Waals surface area contributed by atoms with Crippen molar-refractivity contribution in [2.45, 2.75) is 13.0 Å². The minimum Gasteiger partial charge on any atom is -0.507 e. The molecule has 32 heavy (non-hydrogen) atoms. The highest BCUT2D eigenvalue weighted by Gasteiger charge is 2.46. The van der Waals surface area contributed by atoms with Gasteiger partial charge in [0.2, 0.25) is 0 Å². The number of aliphatic hydroxyl groups is 1. The molecule has 1 fully saturated rings. The summed E-state index contributed by atoms with van der Waals surface area (Å²) in [5.41, 5.74) is 2.70. The number of rotatable bonds is 6. The Labute approximate surface area is 186 Å². The minimum absolute atomic E-state index is 0.0654. The van der Waals surface area contributed by atoms with Gasteiger partial charge in [-0.3, -0.25) is 14.6 Å². The number of pyridine rings is 1. The van der Waals surface area contributed by atoms with Crippen molar-refractivity contribution in [1.82, 2.24) is 24.6 Å². The van der Waals surface area contributed by atoms with Gasteiger partial charge in [0.05, 0.1) is 34.8 Å². The summed E-state index contributed by atoms with van der Waals surface area (Å²) in [5.74, 6) is -1.55. The first-order valence-corrected chi connectivity index (χ1v) is 10.3. The van der Waals surface area contributed by atoms with Crippen LogP contribution in [0.4, 0.5) is 0 Å². The molecule has 1 aliphatic rings. The average Bonchev–Trinajstić information content (AvgIpc) is 3.30. The summed E-state index contributed by atoms with van der Waals surface area (Å²) in [7, 11) is 3.80. The predicted octanol–water partition coefficient (Wildman–Crippen LogP) is 2.56. The molecule has 0 saturated carbocycles. The SMILES string of the molecule is Cc1c(/C(O)=C2\C(=O)C(=O)N(CCN(C)C)[C@H]2c2ccncc2)cnn1-c1ccccc1. The van der Waals surface area contributed by atoms with Gasteiger partial charge in [0.15, 0.2) is 0 Å². The minimum atomic E-state index is -0.699. The van der Waals surface area contributed by atoms with E-state index in [2.05, 4.69) is 10.1 Å². The molecule has 0 spiro atoms. The number of Topliss-reactive ketones (excluding diaryl/α,β-unsaturated/α-hetero) is 1. The molecule has 2 aromatic heterocycles. The highest BCUT2D eigenvalue weighted by molar-refractivity contribution is 6.46. The van der Waals surface area contributed by atoms with Crippen LogP contribution >= 0.6 is 0 Å². The Balaban J connectivity index is 1.83. The van der Waals surface area contributed by atoms with Crippen LogP contribution in [0.1, 0.15) is 22.9 Å². The van der Waals surface area contributed by atoms with E-state index in [4.69, 9.17) is 0 Å². The fraction of sp³-hybridized carbons (Fsp3) is 0.250. The Hall–Kier alpha value is -3.78. The average molecular weight is 431 g/mol. The molecule has 4 rings (SSSR count). The molecule has 3 aromatic rings. The fourth-order valence-corrected chi connectivity index (χ4v) is 3.93. The van der Waals surface area contributed by atoms with Crippen molar-refractivity contribution in [1.29, 1.82) is 0 Å².